The van der Waals surface area contributed by atoms with Crippen LogP contribution in [0.3, 0.4) is 0 Å². The lowest BCUT2D eigenvalue weighted by atomic mass is 10.0. The Balaban J connectivity index is 2.28. The lowest BCUT2D eigenvalue weighted by Crippen LogP contribution is -2.40. The molecule has 1 saturated heterocycles. The van der Waals surface area contributed by atoms with Crippen molar-refractivity contribution in [3.63, 3.8) is 0 Å². The highest BCUT2D eigenvalue weighted by Gasteiger charge is 2.24. The third kappa shape index (κ3) is 3.59. The van der Waals surface area contributed by atoms with E-state index in [1.807, 2.05) is 11.7 Å². The maximum atomic E-state index is 11.2. The number of morpholine rings is 1. The highest BCUT2D eigenvalue weighted by molar-refractivity contribution is 5.79. The van der Waals surface area contributed by atoms with E-state index < -0.39 is 0 Å². The molecule has 124 valence electrons. The van der Waals surface area contributed by atoms with E-state index in [1.54, 1.807) is 6.92 Å². The molecule has 1 aromatic rings. The summed E-state index contributed by atoms with van der Waals surface area (Å²) in [6, 6.07) is -0.363. The van der Waals surface area contributed by atoms with Crippen LogP contribution in [0.1, 0.15) is 37.9 Å². The van der Waals surface area contributed by atoms with Gasteiger partial charge in [0.1, 0.15) is 5.82 Å². The molecule has 0 saturated carbocycles. The molecule has 1 aromatic heterocycles. The molecule has 2 heterocycles. The molecule has 7 nitrogen and oxygen atoms in total. The smallest absolute Gasteiger partial charge is 0.234 e. The number of anilines is 1. The van der Waals surface area contributed by atoms with Gasteiger partial charge in [-0.2, -0.15) is 5.10 Å². The van der Waals surface area contributed by atoms with E-state index in [4.69, 9.17) is 10.5 Å². The minimum atomic E-state index is -0.363. The van der Waals surface area contributed by atoms with E-state index in [0.29, 0.717) is 12.5 Å². The molecule has 0 spiro atoms. The van der Waals surface area contributed by atoms with Gasteiger partial charge in [-0.3, -0.25) is 9.48 Å². The molecule has 0 radical (unpaired) electrons. The molecule has 0 bridgehead atoms. The van der Waals surface area contributed by atoms with Crippen molar-refractivity contribution in [2.24, 2.45) is 12.8 Å². The summed E-state index contributed by atoms with van der Waals surface area (Å²) in [6.07, 6.45) is 0. The fourth-order valence-electron chi connectivity index (χ4n) is 2.74. The molecule has 1 aliphatic rings. The standard InChI is InChI=1S/C15H27N5O2/c1-10(2)13-12(9-17-11(3)14(16)21)15(19(4)18-13)20-5-7-22-8-6-20/h10-11,17H,5-9H2,1-4H3,(H2,16,21)/t11-/m0/s1. The van der Waals surface area contributed by atoms with Crippen LogP contribution in [0, 0.1) is 0 Å². The predicted octanol–water partition coefficient (Wildman–Crippen LogP) is 0.344. The van der Waals surface area contributed by atoms with Crippen molar-refractivity contribution in [1.29, 1.82) is 0 Å². The van der Waals surface area contributed by atoms with E-state index in [0.717, 1.165) is 43.4 Å². The zero-order chi connectivity index (χ0) is 16.3. The van der Waals surface area contributed by atoms with Gasteiger partial charge in [-0.05, 0) is 12.8 Å². The third-order valence-corrected chi connectivity index (χ3v) is 4.01. The first-order chi connectivity index (χ1) is 10.4. The molecular weight excluding hydrogens is 282 g/mol. The molecule has 22 heavy (non-hydrogen) atoms. The van der Waals surface area contributed by atoms with Crippen molar-refractivity contribution < 1.29 is 9.53 Å². The number of hydrogen-bond acceptors (Lipinski definition) is 5. The monoisotopic (exact) mass is 309 g/mol. The second-order valence-corrected chi connectivity index (χ2v) is 6.07. The number of nitrogens with one attached hydrogen (secondary N) is 1. The fourth-order valence-corrected chi connectivity index (χ4v) is 2.74. The number of nitrogens with two attached hydrogens (primary N) is 1. The van der Waals surface area contributed by atoms with Crippen LogP contribution in [0.4, 0.5) is 5.82 Å². The summed E-state index contributed by atoms with van der Waals surface area (Å²) < 4.78 is 7.37. The van der Waals surface area contributed by atoms with Crippen LogP contribution in [-0.2, 0) is 23.1 Å². The summed E-state index contributed by atoms with van der Waals surface area (Å²) in [7, 11) is 1.97. The largest absolute Gasteiger partial charge is 0.378 e. The summed E-state index contributed by atoms with van der Waals surface area (Å²) in [6.45, 7) is 9.80. The van der Waals surface area contributed by atoms with Crippen LogP contribution in [0.25, 0.3) is 0 Å². The Morgan fingerprint density at radius 1 is 1.36 bits per heavy atom. The number of rotatable bonds is 6. The van der Waals surface area contributed by atoms with Crippen molar-refractivity contribution >= 4 is 11.7 Å². The molecule has 1 atom stereocenters. The Kier molecular flexibility index (Phi) is 5.42. The van der Waals surface area contributed by atoms with Crippen molar-refractivity contribution in [2.45, 2.75) is 39.3 Å². The number of primary amides is 1. The topological polar surface area (TPSA) is 85.4 Å². The number of carbonyl (C=O) groups excluding carboxylic acids is 1. The zero-order valence-corrected chi connectivity index (χ0v) is 13.9. The molecule has 0 aromatic carbocycles. The Hall–Kier alpha value is -1.60. The molecule has 1 amide bonds. The summed E-state index contributed by atoms with van der Waals surface area (Å²) in [5, 5.41) is 7.89. The number of nitrogens with zero attached hydrogens (tertiary/aromatic N) is 3. The highest BCUT2D eigenvalue weighted by Crippen LogP contribution is 2.29. The molecule has 7 heteroatoms. The Morgan fingerprint density at radius 2 is 2.00 bits per heavy atom. The first-order valence-electron chi connectivity index (χ1n) is 7.83. The summed E-state index contributed by atoms with van der Waals surface area (Å²) >= 11 is 0. The second kappa shape index (κ2) is 7.11. The number of hydrogen-bond donors (Lipinski definition) is 2. The van der Waals surface area contributed by atoms with Gasteiger partial charge < -0.3 is 20.7 Å². The Morgan fingerprint density at radius 3 is 2.55 bits per heavy atom. The second-order valence-electron chi connectivity index (χ2n) is 6.07. The lowest BCUT2D eigenvalue weighted by molar-refractivity contribution is -0.119. The molecule has 1 fully saturated rings. The van der Waals surface area contributed by atoms with E-state index in [9.17, 15) is 4.79 Å². The SMILES string of the molecule is CC(C)c1nn(C)c(N2CCOCC2)c1CN[C@@H](C)C(N)=O. The molecule has 0 aliphatic carbocycles. The van der Waals surface area contributed by atoms with Gasteiger partial charge >= 0.3 is 0 Å². The van der Waals surface area contributed by atoms with Crippen molar-refractivity contribution in [3.8, 4) is 0 Å². The summed E-state index contributed by atoms with van der Waals surface area (Å²) in [4.78, 5) is 13.5. The average Bonchev–Trinajstić information content (AvgIpc) is 2.82. The summed E-state index contributed by atoms with van der Waals surface area (Å²) in [5.41, 5.74) is 7.54. The lowest BCUT2D eigenvalue weighted by Gasteiger charge is -2.30. The van der Waals surface area contributed by atoms with Gasteiger partial charge in [0.2, 0.25) is 5.91 Å². The molecule has 0 unspecified atom stereocenters. The van der Waals surface area contributed by atoms with Crippen LogP contribution in [0.15, 0.2) is 0 Å². The van der Waals surface area contributed by atoms with Crippen molar-refractivity contribution in [1.82, 2.24) is 15.1 Å². The predicted molar refractivity (Wildman–Crippen MR) is 85.8 cm³/mol. The number of aryl methyl sites for hydroxylation is 1. The van der Waals surface area contributed by atoms with Gasteiger partial charge in [-0.25, -0.2) is 0 Å². The van der Waals surface area contributed by atoms with Crippen molar-refractivity contribution in [2.75, 3.05) is 31.2 Å². The molecule has 1 aliphatic heterocycles. The quantitative estimate of drug-likeness (QED) is 0.792. The molecule has 3 N–H and O–H groups in total. The van der Waals surface area contributed by atoms with Crippen LogP contribution >= 0.6 is 0 Å². The minimum absolute atomic E-state index is 0.321. The minimum Gasteiger partial charge on any atom is -0.378 e. The highest BCUT2D eigenvalue weighted by atomic mass is 16.5. The Bertz CT molecular complexity index is 520. The first kappa shape index (κ1) is 16.8. The van der Waals surface area contributed by atoms with Gasteiger partial charge in [0.05, 0.1) is 24.9 Å². The van der Waals surface area contributed by atoms with Gasteiger partial charge in [0.25, 0.3) is 0 Å². The van der Waals surface area contributed by atoms with Gasteiger partial charge in [-0.15, -0.1) is 0 Å². The zero-order valence-electron chi connectivity index (χ0n) is 13.9. The summed E-state index contributed by atoms with van der Waals surface area (Å²) in [5.74, 6) is 1.08. The number of aromatic nitrogens is 2. The van der Waals surface area contributed by atoms with Crippen LogP contribution < -0.4 is 16.0 Å². The van der Waals surface area contributed by atoms with Crippen LogP contribution in [-0.4, -0.2) is 48.0 Å². The van der Waals surface area contributed by atoms with E-state index in [2.05, 4.69) is 29.2 Å². The third-order valence-electron chi connectivity index (χ3n) is 4.01. The normalized spacial score (nSPS) is 17.0. The molecular formula is C15H27N5O2. The number of ether oxygens (including phenoxy) is 1. The molecule has 2 rings (SSSR count). The number of carbonyl (C=O) groups is 1. The van der Waals surface area contributed by atoms with Crippen molar-refractivity contribution in [3.05, 3.63) is 11.3 Å². The van der Waals surface area contributed by atoms with Crippen LogP contribution in [0.5, 0.6) is 0 Å². The van der Waals surface area contributed by atoms with E-state index in [-0.39, 0.29) is 11.9 Å². The van der Waals surface area contributed by atoms with Gasteiger partial charge in [0.15, 0.2) is 0 Å². The maximum Gasteiger partial charge on any atom is 0.234 e. The van der Waals surface area contributed by atoms with Gasteiger partial charge in [-0.1, -0.05) is 13.8 Å². The number of amides is 1. The van der Waals surface area contributed by atoms with E-state index in [1.165, 1.54) is 0 Å². The fraction of sp³-hybridized carbons (Fsp3) is 0.733. The van der Waals surface area contributed by atoms with Crippen LogP contribution in [0.2, 0.25) is 0 Å². The maximum absolute atomic E-state index is 11.2. The first-order valence-corrected chi connectivity index (χ1v) is 7.83. The van der Waals surface area contributed by atoms with Gasteiger partial charge in [0, 0.05) is 32.2 Å². The average molecular weight is 309 g/mol. The van der Waals surface area contributed by atoms with E-state index >= 15 is 0 Å². The Labute approximate surface area is 131 Å².